The SMILES string of the molecule is CCc1ccc(NC(=O)CSc2nc3nccnc3c(=O)n2Cc2ccc(C)cc2)cc1. The van der Waals surface area contributed by atoms with Crippen molar-refractivity contribution >= 4 is 34.5 Å². The molecule has 1 N–H and O–H groups in total. The minimum absolute atomic E-state index is 0.113. The summed E-state index contributed by atoms with van der Waals surface area (Å²) in [5.74, 6) is -0.0589. The maximum absolute atomic E-state index is 13.1. The van der Waals surface area contributed by atoms with Crippen LogP contribution in [0.25, 0.3) is 11.2 Å². The standard InChI is InChI=1S/C24H23N5O2S/c1-3-17-8-10-19(11-9-17)27-20(30)15-32-24-28-22-21(25-12-13-26-22)23(31)29(24)14-18-6-4-16(2)5-7-18/h4-13H,3,14-15H2,1-2H3,(H,27,30). The summed E-state index contributed by atoms with van der Waals surface area (Å²) >= 11 is 1.21. The number of rotatable bonds is 7. The molecule has 162 valence electrons. The van der Waals surface area contributed by atoms with Gasteiger partial charge in [0, 0.05) is 18.1 Å². The van der Waals surface area contributed by atoms with Crippen LogP contribution in [0.1, 0.15) is 23.6 Å². The molecule has 0 saturated heterocycles. The quantitative estimate of drug-likeness (QED) is 0.343. The fourth-order valence-electron chi connectivity index (χ4n) is 3.21. The second-order valence-corrected chi connectivity index (χ2v) is 8.33. The lowest BCUT2D eigenvalue weighted by Gasteiger charge is -2.13. The summed E-state index contributed by atoms with van der Waals surface area (Å²) in [6, 6.07) is 15.7. The van der Waals surface area contributed by atoms with Gasteiger partial charge in [-0.05, 0) is 36.6 Å². The van der Waals surface area contributed by atoms with Gasteiger partial charge in [0.1, 0.15) is 0 Å². The van der Waals surface area contributed by atoms with Gasteiger partial charge in [-0.1, -0.05) is 60.6 Å². The Morgan fingerprint density at radius 3 is 2.41 bits per heavy atom. The molecule has 0 unspecified atom stereocenters. The van der Waals surface area contributed by atoms with Crippen molar-refractivity contribution in [1.82, 2.24) is 19.5 Å². The van der Waals surface area contributed by atoms with Crippen molar-refractivity contribution in [3.8, 4) is 0 Å². The van der Waals surface area contributed by atoms with E-state index in [0.717, 1.165) is 23.2 Å². The van der Waals surface area contributed by atoms with Crippen molar-refractivity contribution < 1.29 is 4.79 Å². The van der Waals surface area contributed by atoms with Gasteiger partial charge in [0.2, 0.25) is 5.91 Å². The Kier molecular flexibility index (Phi) is 6.61. The highest BCUT2D eigenvalue weighted by atomic mass is 32.2. The average Bonchev–Trinajstić information content (AvgIpc) is 2.81. The lowest BCUT2D eigenvalue weighted by atomic mass is 10.1. The molecule has 0 aliphatic carbocycles. The summed E-state index contributed by atoms with van der Waals surface area (Å²) < 4.78 is 1.55. The second kappa shape index (κ2) is 9.74. The van der Waals surface area contributed by atoms with Gasteiger partial charge in [-0.15, -0.1) is 0 Å². The summed E-state index contributed by atoms with van der Waals surface area (Å²) in [6.07, 6.45) is 3.92. The molecular weight excluding hydrogens is 422 g/mol. The van der Waals surface area contributed by atoms with E-state index in [2.05, 4.69) is 27.2 Å². The number of thioether (sulfide) groups is 1. The summed E-state index contributed by atoms with van der Waals surface area (Å²) in [7, 11) is 0. The van der Waals surface area contributed by atoms with Crippen LogP contribution < -0.4 is 10.9 Å². The van der Waals surface area contributed by atoms with Gasteiger partial charge >= 0.3 is 0 Å². The van der Waals surface area contributed by atoms with Crippen LogP contribution in [0.2, 0.25) is 0 Å². The van der Waals surface area contributed by atoms with E-state index in [9.17, 15) is 9.59 Å². The lowest BCUT2D eigenvalue weighted by Crippen LogP contribution is -2.25. The number of fused-ring (bicyclic) bond motifs is 1. The van der Waals surface area contributed by atoms with Crippen LogP contribution in [0.4, 0.5) is 5.69 Å². The molecule has 4 rings (SSSR count). The van der Waals surface area contributed by atoms with Crippen LogP contribution in [0.15, 0.2) is 70.9 Å². The number of amides is 1. The number of hydrogen-bond donors (Lipinski definition) is 1. The van der Waals surface area contributed by atoms with Crippen LogP contribution in [0.5, 0.6) is 0 Å². The third-order valence-electron chi connectivity index (χ3n) is 5.00. The molecule has 0 saturated carbocycles. The van der Waals surface area contributed by atoms with Crippen molar-refractivity contribution in [2.75, 3.05) is 11.1 Å². The number of carbonyl (C=O) groups is 1. The van der Waals surface area contributed by atoms with Gasteiger partial charge < -0.3 is 5.32 Å². The number of benzene rings is 2. The van der Waals surface area contributed by atoms with Gasteiger partial charge in [-0.2, -0.15) is 0 Å². The van der Waals surface area contributed by atoms with Crippen LogP contribution in [0.3, 0.4) is 0 Å². The third kappa shape index (κ3) is 5.03. The predicted octanol–water partition coefficient (Wildman–Crippen LogP) is 3.84. The smallest absolute Gasteiger partial charge is 0.282 e. The summed E-state index contributed by atoms with van der Waals surface area (Å²) in [5, 5.41) is 3.32. The number of carbonyl (C=O) groups excluding carboxylic acids is 1. The maximum Gasteiger partial charge on any atom is 0.282 e. The van der Waals surface area contributed by atoms with Gasteiger partial charge in [0.05, 0.1) is 12.3 Å². The van der Waals surface area contributed by atoms with Gasteiger partial charge in [0.25, 0.3) is 5.56 Å². The molecule has 7 nitrogen and oxygen atoms in total. The first-order chi connectivity index (χ1) is 15.5. The molecule has 0 aliphatic heterocycles. The Balaban J connectivity index is 1.57. The molecule has 0 atom stereocenters. The van der Waals surface area contributed by atoms with Crippen molar-refractivity contribution in [3.63, 3.8) is 0 Å². The molecule has 2 aromatic heterocycles. The number of aryl methyl sites for hydroxylation is 2. The first-order valence-electron chi connectivity index (χ1n) is 10.3. The Morgan fingerprint density at radius 2 is 1.69 bits per heavy atom. The number of hydrogen-bond acceptors (Lipinski definition) is 6. The molecule has 2 aromatic carbocycles. The fraction of sp³-hybridized carbons (Fsp3) is 0.208. The zero-order valence-corrected chi connectivity index (χ0v) is 18.7. The van der Waals surface area contributed by atoms with E-state index in [4.69, 9.17) is 0 Å². The molecule has 8 heteroatoms. The molecule has 0 radical (unpaired) electrons. The van der Waals surface area contributed by atoms with Crippen LogP contribution in [0, 0.1) is 6.92 Å². The van der Waals surface area contributed by atoms with Crippen LogP contribution in [-0.4, -0.2) is 31.2 Å². The fourth-order valence-corrected chi connectivity index (χ4v) is 3.99. The Morgan fingerprint density at radius 1 is 1.00 bits per heavy atom. The van der Waals surface area contributed by atoms with E-state index in [0.29, 0.717) is 11.7 Å². The molecule has 32 heavy (non-hydrogen) atoms. The number of anilines is 1. The van der Waals surface area contributed by atoms with E-state index >= 15 is 0 Å². The van der Waals surface area contributed by atoms with E-state index in [1.807, 2.05) is 55.5 Å². The number of nitrogens with zero attached hydrogens (tertiary/aromatic N) is 4. The van der Waals surface area contributed by atoms with E-state index < -0.39 is 0 Å². The Bertz CT molecular complexity index is 1300. The lowest BCUT2D eigenvalue weighted by molar-refractivity contribution is -0.113. The molecular formula is C24H23N5O2S. The maximum atomic E-state index is 13.1. The van der Waals surface area contributed by atoms with Crippen LogP contribution >= 0.6 is 11.8 Å². The second-order valence-electron chi connectivity index (χ2n) is 7.39. The van der Waals surface area contributed by atoms with Crippen molar-refractivity contribution in [3.05, 3.63) is 88.0 Å². The zero-order chi connectivity index (χ0) is 22.5. The average molecular weight is 446 g/mol. The highest BCUT2D eigenvalue weighted by molar-refractivity contribution is 7.99. The topological polar surface area (TPSA) is 89.8 Å². The molecule has 0 aliphatic rings. The molecule has 0 fully saturated rings. The van der Waals surface area contributed by atoms with Gasteiger partial charge in [-0.3, -0.25) is 14.2 Å². The monoisotopic (exact) mass is 445 g/mol. The predicted molar refractivity (Wildman–Crippen MR) is 127 cm³/mol. The third-order valence-corrected chi connectivity index (χ3v) is 5.98. The highest BCUT2D eigenvalue weighted by Crippen LogP contribution is 2.19. The van der Waals surface area contributed by atoms with Crippen molar-refractivity contribution in [2.45, 2.75) is 32.0 Å². The molecule has 4 aromatic rings. The highest BCUT2D eigenvalue weighted by Gasteiger charge is 2.15. The summed E-state index contributed by atoms with van der Waals surface area (Å²) in [6.45, 7) is 4.43. The van der Waals surface area contributed by atoms with Crippen LogP contribution in [-0.2, 0) is 17.8 Å². The number of aromatic nitrogens is 4. The van der Waals surface area contributed by atoms with Gasteiger partial charge in [-0.25, -0.2) is 15.0 Å². The molecule has 0 bridgehead atoms. The first kappa shape index (κ1) is 21.7. The Labute approximate surface area is 190 Å². The Hall–Kier alpha value is -3.52. The van der Waals surface area contributed by atoms with E-state index in [1.165, 1.54) is 29.7 Å². The van der Waals surface area contributed by atoms with E-state index in [-0.39, 0.29) is 28.4 Å². The first-order valence-corrected chi connectivity index (χ1v) is 11.3. The normalized spacial score (nSPS) is 10.9. The molecule has 1 amide bonds. The summed E-state index contributed by atoms with van der Waals surface area (Å²) in [5.41, 5.74) is 4.26. The summed E-state index contributed by atoms with van der Waals surface area (Å²) in [4.78, 5) is 38.5. The zero-order valence-electron chi connectivity index (χ0n) is 17.9. The minimum atomic E-state index is -0.276. The number of nitrogens with one attached hydrogen (secondary N) is 1. The van der Waals surface area contributed by atoms with Gasteiger partial charge in [0.15, 0.2) is 16.3 Å². The minimum Gasteiger partial charge on any atom is -0.325 e. The molecule has 2 heterocycles. The van der Waals surface area contributed by atoms with Crippen molar-refractivity contribution in [2.24, 2.45) is 0 Å². The largest absolute Gasteiger partial charge is 0.325 e. The van der Waals surface area contributed by atoms with Crippen molar-refractivity contribution in [1.29, 1.82) is 0 Å². The molecule has 0 spiro atoms. The van der Waals surface area contributed by atoms with E-state index in [1.54, 1.807) is 4.57 Å².